The molecule has 1 amide bonds. The summed E-state index contributed by atoms with van der Waals surface area (Å²) in [5, 5.41) is 13.1. The van der Waals surface area contributed by atoms with Crippen molar-refractivity contribution < 1.29 is 14.7 Å². The molecule has 3 heterocycles. The monoisotopic (exact) mass is 339 g/mol. The van der Waals surface area contributed by atoms with E-state index in [1.807, 2.05) is 0 Å². The molecule has 1 aliphatic heterocycles. The molecule has 20 heavy (non-hydrogen) atoms. The maximum Gasteiger partial charge on any atom is 0.326 e. The number of carboxylic acid groups (broad SMARTS) is 1. The predicted molar refractivity (Wildman–Crippen MR) is 70.2 cm³/mol. The number of likely N-dealkylation sites (tertiary alicyclic amines) is 1. The van der Waals surface area contributed by atoms with Gasteiger partial charge in [-0.1, -0.05) is 0 Å². The molecule has 1 atom stereocenters. The highest BCUT2D eigenvalue weighted by atomic mass is 79.9. The minimum absolute atomic E-state index is 0.0382. The van der Waals surface area contributed by atoms with Crippen molar-refractivity contribution in [2.24, 2.45) is 0 Å². The molecule has 1 fully saturated rings. The number of hydrogen-bond acceptors (Lipinski definition) is 5. The molecule has 3 rings (SSSR count). The second kappa shape index (κ2) is 4.82. The lowest BCUT2D eigenvalue weighted by molar-refractivity contribution is -0.141. The minimum Gasteiger partial charge on any atom is -0.480 e. The van der Waals surface area contributed by atoms with Gasteiger partial charge in [0.1, 0.15) is 6.04 Å². The van der Waals surface area contributed by atoms with Crippen LogP contribution >= 0.6 is 15.9 Å². The molecule has 2 aromatic rings. The van der Waals surface area contributed by atoms with E-state index in [0.717, 1.165) is 0 Å². The van der Waals surface area contributed by atoms with Gasteiger partial charge in [-0.3, -0.25) is 4.79 Å². The van der Waals surface area contributed by atoms with E-state index in [-0.39, 0.29) is 5.82 Å². The molecule has 0 radical (unpaired) electrons. The van der Waals surface area contributed by atoms with Crippen LogP contribution in [0.1, 0.15) is 23.5 Å². The van der Waals surface area contributed by atoms with Crippen molar-refractivity contribution >= 4 is 33.6 Å². The van der Waals surface area contributed by atoms with Crippen LogP contribution in [-0.2, 0) is 4.79 Å². The minimum atomic E-state index is -1.000. The number of carbonyl (C=O) groups excluding carboxylic acids is 1. The van der Waals surface area contributed by atoms with Crippen molar-refractivity contribution in [3.05, 3.63) is 22.7 Å². The van der Waals surface area contributed by atoms with Crippen LogP contribution in [0.4, 0.5) is 0 Å². The number of halogens is 1. The lowest BCUT2D eigenvalue weighted by atomic mass is 10.2. The first kappa shape index (κ1) is 13.0. The zero-order valence-electron chi connectivity index (χ0n) is 10.2. The quantitative estimate of drug-likeness (QED) is 0.858. The van der Waals surface area contributed by atoms with Crippen LogP contribution in [0.2, 0.25) is 0 Å². The fourth-order valence-corrected chi connectivity index (χ4v) is 2.54. The van der Waals surface area contributed by atoms with E-state index in [1.165, 1.54) is 9.42 Å². The third-order valence-electron chi connectivity index (χ3n) is 3.15. The summed E-state index contributed by atoms with van der Waals surface area (Å²) in [5.74, 6) is -1.22. The average Bonchev–Trinajstić information content (AvgIpc) is 3.03. The van der Waals surface area contributed by atoms with Gasteiger partial charge >= 0.3 is 5.97 Å². The van der Waals surface area contributed by atoms with Gasteiger partial charge in [0, 0.05) is 18.9 Å². The molecule has 1 N–H and O–H groups in total. The number of carboxylic acids is 1. The summed E-state index contributed by atoms with van der Waals surface area (Å²) in [6, 6.07) is -0.797. The second-order valence-corrected chi connectivity index (χ2v) is 5.36. The zero-order valence-corrected chi connectivity index (χ0v) is 11.8. The van der Waals surface area contributed by atoms with Crippen molar-refractivity contribution in [1.29, 1.82) is 0 Å². The highest BCUT2D eigenvalue weighted by molar-refractivity contribution is 9.10. The summed E-state index contributed by atoms with van der Waals surface area (Å²) in [6.07, 6.45) is 4.30. The second-order valence-electron chi connectivity index (χ2n) is 4.45. The van der Waals surface area contributed by atoms with E-state index < -0.39 is 17.9 Å². The molecular formula is C11H10BrN5O3. The molecule has 0 bridgehead atoms. The molecule has 8 nitrogen and oxygen atoms in total. The Bertz CT molecular complexity index is 700. The molecule has 0 spiro atoms. The Morgan fingerprint density at radius 1 is 1.45 bits per heavy atom. The standard InChI is InChI=1S/C11H10BrN5O3/c12-6-4-13-11-14-8(15-17(11)5-6)9(18)16-3-1-2-7(16)10(19)20/h4-5,7H,1-3H2,(H,19,20)/t7-/m0/s1. The third kappa shape index (κ3) is 2.13. The number of amides is 1. The Morgan fingerprint density at radius 2 is 2.25 bits per heavy atom. The van der Waals surface area contributed by atoms with Gasteiger partial charge in [-0.25, -0.2) is 14.3 Å². The van der Waals surface area contributed by atoms with Gasteiger partial charge in [0.25, 0.3) is 11.7 Å². The number of fused-ring (bicyclic) bond motifs is 1. The van der Waals surface area contributed by atoms with Crippen LogP contribution in [0.5, 0.6) is 0 Å². The Morgan fingerprint density at radius 3 is 3.00 bits per heavy atom. The molecule has 0 saturated carbocycles. The largest absolute Gasteiger partial charge is 0.480 e. The molecular weight excluding hydrogens is 330 g/mol. The van der Waals surface area contributed by atoms with Gasteiger partial charge in [0.05, 0.1) is 4.47 Å². The molecule has 104 valence electrons. The average molecular weight is 340 g/mol. The predicted octanol–water partition coefficient (Wildman–Crippen LogP) is 0.576. The highest BCUT2D eigenvalue weighted by Gasteiger charge is 2.36. The molecule has 0 aliphatic carbocycles. The number of hydrogen-bond donors (Lipinski definition) is 1. The number of carbonyl (C=O) groups is 2. The van der Waals surface area contributed by atoms with E-state index in [4.69, 9.17) is 5.11 Å². The van der Waals surface area contributed by atoms with E-state index in [9.17, 15) is 9.59 Å². The summed E-state index contributed by atoms with van der Waals surface area (Å²) in [7, 11) is 0. The summed E-state index contributed by atoms with van der Waals surface area (Å²) in [5.41, 5.74) is 0. The van der Waals surface area contributed by atoms with Gasteiger partial charge in [-0.15, -0.1) is 5.10 Å². The maximum atomic E-state index is 12.3. The number of aliphatic carboxylic acids is 1. The zero-order chi connectivity index (χ0) is 14.3. The summed E-state index contributed by atoms with van der Waals surface area (Å²) < 4.78 is 2.09. The first-order valence-corrected chi connectivity index (χ1v) is 6.77. The summed E-state index contributed by atoms with van der Waals surface area (Å²) in [6.45, 7) is 0.405. The smallest absolute Gasteiger partial charge is 0.326 e. The van der Waals surface area contributed by atoms with Gasteiger partial charge in [0.15, 0.2) is 0 Å². The van der Waals surface area contributed by atoms with Gasteiger partial charge < -0.3 is 10.0 Å². The first-order chi connectivity index (χ1) is 9.56. The lowest BCUT2D eigenvalue weighted by Gasteiger charge is -2.19. The molecule has 9 heteroatoms. The Balaban J connectivity index is 1.94. The lowest BCUT2D eigenvalue weighted by Crippen LogP contribution is -2.40. The molecule has 0 unspecified atom stereocenters. The SMILES string of the molecule is O=C(O)[C@@H]1CCCN1C(=O)c1nc2ncc(Br)cn2n1. The summed E-state index contributed by atoms with van der Waals surface area (Å²) >= 11 is 3.25. The van der Waals surface area contributed by atoms with Crippen LogP contribution in [0.25, 0.3) is 5.78 Å². The normalized spacial score (nSPS) is 18.6. The van der Waals surface area contributed by atoms with Crippen LogP contribution in [0.3, 0.4) is 0 Å². The molecule has 1 aliphatic rings. The van der Waals surface area contributed by atoms with E-state index in [0.29, 0.717) is 29.6 Å². The summed E-state index contributed by atoms with van der Waals surface area (Å²) in [4.78, 5) is 32.8. The molecule has 2 aromatic heterocycles. The number of rotatable bonds is 2. The van der Waals surface area contributed by atoms with Crippen molar-refractivity contribution in [2.75, 3.05) is 6.54 Å². The van der Waals surface area contributed by atoms with Crippen molar-refractivity contribution in [1.82, 2.24) is 24.5 Å². The highest BCUT2D eigenvalue weighted by Crippen LogP contribution is 2.19. The molecule has 0 aromatic carbocycles. The Hall–Kier alpha value is -2.03. The third-order valence-corrected chi connectivity index (χ3v) is 3.56. The van der Waals surface area contributed by atoms with E-state index in [2.05, 4.69) is 31.0 Å². The van der Waals surface area contributed by atoms with Gasteiger partial charge in [-0.2, -0.15) is 4.98 Å². The fraction of sp³-hybridized carbons (Fsp3) is 0.364. The van der Waals surface area contributed by atoms with Crippen LogP contribution in [0.15, 0.2) is 16.9 Å². The van der Waals surface area contributed by atoms with E-state index >= 15 is 0 Å². The maximum absolute atomic E-state index is 12.3. The number of nitrogens with zero attached hydrogens (tertiary/aromatic N) is 5. The van der Waals surface area contributed by atoms with Crippen LogP contribution in [0, 0.1) is 0 Å². The Labute approximate surface area is 121 Å². The first-order valence-electron chi connectivity index (χ1n) is 5.98. The van der Waals surface area contributed by atoms with Crippen molar-refractivity contribution in [2.45, 2.75) is 18.9 Å². The Kier molecular flexibility index (Phi) is 3.13. The van der Waals surface area contributed by atoms with Gasteiger partial charge in [0.2, 0.25) is 5.82 Å². The molecule has 1 saturated heterocycles. The topological polar surface area (TPSA) is 101 Å². The van der Waals surface area contributed by atoms with Crippen LogP contribution in [-0.4, -0.2) is 54.1 Å². The van der Waals surface area contributed by atoms with Crippen molar-refractivity contribution in [3.63, 3.8) is 0 Å². The van der Waals surface area contributed by atoms with Gasteiger partial charge in [-0.05, 0) is 28.8 Å². The van der Waals surface area contributed by atoms with E-state index in [1.54, 1.807) is 12.4 Å². The fourth-order valence-electron chi connectivity index (χ4n) is 2.24. The van der Waals surface area contributed by atoms with Crippen LogP contribution < -0.4 is 0 Å². The number of aromatic nitrogens is 4. The van der Waals surface area contributed by atoms with Crippen molar-refractivity contribution in [3.8, 4) is 0 Å².